The molecule has 0 unspecified atom stereocenters. The molecule has 0 aliphatic heterocycles. The Morgan fingerprint density at radius 1 is 1.44 bits per heavy atom. The first-order valence-electron chi connectivity index (χ1n) is 5.72. The van der Waals surface area contributed by atoms with Crippen molar-refractivity contribution in [2.45, 2.75) is 45.6 Å². The largest absolute Gasteiger partial charge is 0.481 e. The third-order valence-corrected chi connectivity index (χ3v) is 2.06. The predicted molar refractivity (Wildman–Crippen MR) is 64.8 cm³/mol. The number of azide groups is 1. The number of nitrogens with zero attached hydrogens (tertiary/aromatic N) is 3. The molecule has 0 saturated carbocycles. The molecule has 0 saturated heterocycles. The van der Waals surface area contributed by atoms with E-state index < -0.39 is 23.5 Å². The average molecular weight is 257 g/mol. The van der Waals surface area contributed by atoms with Crippen molar-refractivity contribution in [1.29, 1.82) is 0 Å². The number of carboxylic acid groups (broad SMARTS) is 1. The first-order chi connectivity index (χ1) is 8.26. The molecular weight excluding hydrogens is 238 g/mol. The molecule has 0 aromatic heterocycles. The summed E-state index contributed by atoms with van der Waals surface area (Å²) in [5, 5.41) is 12.3. The van der Waals surface area contributed by atoms with Gasteiger partial charge in [-0.3, -0.25) is 9.59 Å². The molecule has 0 fully saturated rings. The third-order valence-electron chi connectivity index (χ3n) is 2.06. The van der Waals surface area contributed by atoms with Gasteiger partial charge in [-0.25, -0.2) is 0 Å². The van der Waals surface area contributed by atoms with E-state index in [1.165, 1.54) is 0 Å². The summed E-state index contributed by atoms with van der Waals surface area (Å²) < 4.78 is 5.06. The summed E-state index contributed by atoms with van der Waals surface area (Å²) in [7, 11) is 0. The summed E-state index contributed by atoms with van der Waals surface area (Å²) in [6, 6.07) is 0. The Bertz CT molecular complexity index is 343. The lowest BCUT2D eigenvalue weighted by atomic mass is 9.99. The fraction of sp³-hybridized carbons (Fsp3) is 0.818. The molecule has 0 aromatic rings. The number of carboxylic acids is 1. The van der Waals surface area contributed by atoms with Gasteiger partial charge in [0.05, 0.1) is 12.3 Å². The number of hydrogen-bond acceptors (Lipinski definition) is 4. The maximum absolute atomic E-state index is 11.5. The first-order valence-corrected chi connectivity index (χ1v) is 5.72. The second-order valence-electron chi connectivity index (χ2n) is 4.92. The second-order valence-corrected chi connectivity index (χ2v) is 4.92. The molecule has 1 N–H and O–H groups in total. The van der Waals surface area contributed by atoms with Crippen LogP contribution in [0.25, 0.3) is 10.4 Å². The number of carbonyl (C=O) groups excluding carboxylic acids is 1. The minimum absolute atomic E-state index is 0.164. The normalized spacial score (nSPS) is 12.4. The molecule has 0 aromatic carbocycles. The summed E-state index contributed by atoms with van der Waals surface area (Å²) >= 11 is 0. The van der Waals surface area contributed by atoms with Gasteiger partial charge in [-0.1, -0.05) is 5.11 Å². The van der Waals surface area contributed by atoms with Gasteiger partial charge in [-0.2, -0.15) is 0 Å². The molecule has 0 aliphatic rings. The van der Waals surface area contributed by atoms with Crippen molar-refractivity contribution < 1.29 is 19.4 Å². The number of rotatable bonds is 7. The van der Waals surface area contributed by atoms with Crippen molar-refractivity contribution in [2.24, 2.45) is 11.0 Å². The van der Waals surface area contributed by atoms with E-state index in [-0.39, 0.29) is 19.4 Å². The van der Waals surface area contributed by atoms with Crippen LogP contribution >= 0.6 is 0 Å². The van der Waals surface area contributed by atoms with Crippen molar-refractivity contribution >= 4 is 11.9 Å². The van der Waals surface area contributed by atoms with E-state index in [0.29, 0.717) is 6.42 Å². The molecule has 0 rings (SSSR count). The van der Waals surface area contributed by atoms with Crippen LogP contribution in [0.15, 0.2) is 5.11 Å². The van der Waals surface area contributed by atoms with E-state index in [0.717, 1.165) is 0 Å². The van der Waals surface area contributed by atoms with E-state index in [4.69, 9.17) is 15.4 Å². The van der Waals surface area contributed by atoms with Gasteiger partial charge >= 0.3 is 11.9 Å². The lowest BCUT2D eigenvalue weighted by Crippen LogP contribution is -2.27. The summed E-state index contributed by atoms with van der Waals surface area (Å²) in [4.78, 5) is 25.0. The van der Waals surface area contributed by atoms with Gasteiger partial charge in [0.1, 0.15) is 5.60 Å². The van der Waals surface area contributed by atoms with Crippen molar-refractivity contribution in [2.75, 3.05) is 6.54 Å². The van der Waals surface area contributed by atoms with Crippen molar-refractivity contribution in [3.8, 4) is 0 Å². The zero-order valence-electron chi connectivity index (χ0n) is 10.9. The van der Waals surface area contributed by atoms with Gasteiger partial charge in [0.15, 0.2) is 0 Å². The highest BCUT2D eigenvalue weighted by atomic mass is 16.6. The fourth-order valence-corrected chi connectivity index (χ4v) is 1.35. The molecule has 0 aliphatic carbocycles. The van der Waals surface area contributed by atoms with Crippen LogP contribution in [0, 0.1) is 5.92 Å². The molecule has 18 heavy (non-hydrogen) atoms. The summed E-state index contributed by atoms with van der Waals surface area (Å²) in [5.41, 5.74) is 7.46. The van der Waals surface area contributed by atoms with Crippen LogP contribution < -0.4 is 0 Å². The van der Waals surface area contributed by atoms with Crippen LogP contribution in [0.2, 0.25) is 0 Å². The Morgan fingerprint density at radius 3 is 2.50 bits per heavy atom. The molecule has 0 spiro atoms. The second kappa shape index (κ2) is 7.55. The highest BCUT2D eigenvalue weighted by molar-refractivity contribution is 5.78. The number of esters is 1. The van der Waals surface area contributed by atoms with Crippen LogP contribution in [-0.4, -0.2) is 29.2 Å². The first kappa shape index (κ1) is 16.2. The summed E-state index contributed by atoms with van der Waals surface area (Å²) in [6.45, 7) is 5.40. The summed E-state index contributed by atoms with van der Waals surface area (Å²) in [6.07, 6.45) is 0.556. The maximum atomic E-state index is 11.5. The zero-order chi connectivity index (χ0) is 14.2. The van der Waals surface area contributed by atoms with Gasteiger partial charge < -0.3 is 9.84 Å². The van der Waals surface area contributed by atoms with Crippen LogP contribution in [0.4, 0.5) is 0 Å². The molecule has 0 amide bonds. The number of aliphatic carboxylic acids is 1. The van der Waals surface area contributed by atoms with Gasteiger partial charge in [0.2, 0.25) is 0 Å². The minimum Gasteiger partial charge on any atom is -0.481 e. The fourth-order valence-electron chi connectivity index (χ4n) is 1.35. The Balaban J connectivity index is 4.23. The van der Waals surface area contributed by atoms with Crippen LogP contribution in [-0.2, 0) is 14.3 Å². The molecular formula is C11H19N3O4. The molecule has 102 valence electrons. The van der Waals surface area contributed by atoms with Gasteiger partial charge in [0.25, 0.3) is 0 Å². The Labute approximate surface area is 106 Å². The van der Waals surface area contributed by atoms with Crippen LogP contribution in [0.3, 0.4) is 0 Å². The monoisotopic (exact) mass is 257 g/mol. The number of ether oxygens (including phenoxy) is 1. The topological polar surface area (TPSA) is 112 Å². The van der Waals surface area contributed by atoms with E-state index in [9.17, 15) is 9.59 Å². The lowest BCUT2D eigenvalue weighted by molar-refractivity contribution is -0.160. The summed E-state index contributed by atoms with van der Waals surface area (Å²) in [5.74, 6) is -2.37. The van der Waals surface area contributed by atoms with Crippen molar-refractivity contribution in [3.63, 3.8) is 0 Å². The molecule has 7 nitrogen and oxygen atoms in total. The molecule has 0 bridgehead atoms. The number of hydrogen-bond donors (Lipinski definition) is 1. The van der Waals surface area contributed by atoms with E-state index in [2.05, 4.69) is 10.0 Å². The lowest BCUT2D eigenvalue weighted by Gasteiger charge is -2.20. The van der Waals surface area contributed by atoms with E-state index in [1.807, 2.05) is 0 Å². The van der Waals surface area contributed by atoms with Crippen LogP contribution in [0.1, 0.15) is 40.0 Å². The minimum atomic E-state index is -1.04. The van der Waals surface area contributed by atoms with E-state index in [1.54, 1.807) is 20.8 Å². The Morgan fingerprint density at radius 2 is 2.06 bits per heavy atom. The molecule has 1 atom stereocenters. The predicted octanol–water partition coefficient (Wildman–Crippen LogP) is 2.51. The molecule has 7 heteroatoms. The van der Waals surface area contributed by atoms with E-state index >= 15 is 0 Å². The Kier molecular flexibility index (Phi) is 6.82. The average Bonchev–Trinajstić information content (AvgIpc) is 2.19. The quantitative estimate of drug-likeness (QED) is 0.248. The molecule has 0 heterocycles. The molecule has 0 radical (unpaired) electrons. The third kappa shape index (κ3) is 8.41. The van der Waals surface area contributed by atoms with Gasteiger partial charge in [-0.15, -0.1) is 0 Å². The maximum Gasteiger partial charge on any atom is 0.307 e. The standard InChI is InChI=1S/C11H19N3O4/c1-11(2,3)18-9(15)7-8(10(16)17)5-4-6-13-14-12/h8H,4-7H2,1-3H3,(H,16,17)/t8-/m1/s1. The smallest absolute Gasteiger partial charge is 0.307 e. The number of carbonyl (C=O) groups is 2. The van der Waals surface area contributed by atoms with Gasteiger partial charge in [0, 0.05) is 11.5 Å². The highest BCUT2D eigenvalue weighted by Gasteiger charge is 2.24. The van der Waals surface area contributed by atoms with Crippen molar-refractivity contribution in [1.82, 2.24) is 0 Å². The zero-order valence-corrected chi connectivity index (χ0v) is 10.9. The SMILES string of the molecule is CC(C)(C)OC(=O)C[C@@H](CCCN=[N+]=[N-])C(=O)O. The van der Waals surface area contributed by atoms with Crippen LogP contribution in [0.5, 0.6) is 0 Å². The highest BCUT2D eigenvalue weighted by Crippen LogP contribution is 2.16. The Hall–Kier alpha value is -1.75. The van der Waals surface area contributed by atoms with Gasteiger partial charge in [-0.05, 0) is 39.1 Å². The van der Waals surface area contributed by atoms with Crippen molar-refractivity contribution in [3.05, 3.63) is 10.4 Å².